The van der Waals surface area contributed by atoms with Crippen LogP contribution in [0.25, 0.3) is 11.1 Å². The number of ether oxygens (including phenoxy) is 1. The smallest absolute Gasteiger partial charge is 0.341 e. The van der Waals surface area contributed by atoms with E-state index in [0.29, 0.717) is 32.8 Å². The molecule has 0 spiro atoms. The second-order valence-corrected chi connectivity index (χ2v) is 6.91. The molecule has 0 bridgehead atoms. The number of halogens is 1. The van der Waals surface area contributed by atoms with E-state index in [9.17, 15) is 4.79 Å². The second kappa shape index (κ2) is 8.35. The van der Waals surface area contributed by atoms with Crippen molar-refractivity contribution >= 4 is 51.2 Å². The van der Waals surface area contributed by atoms with Gasteiger partial charge in [0, 0.05) is 21.5 Å². The molecular formula is C18H15ClN2O3S2. The quantitative estimate of drug-likeness (QED) is 0.462. The van der Waals surface area contributed by atoms with Crippen molar-refractivity contribution in [3.05, 3.63) is 64.4 Å². The molecule has 2 N–H and O–H groups in total. The summed E-state index contributed by atoms with van der Waals surface area (Å²) in [4.78, 5) is 12.3. The van der Waals surface area contributed by atoms with Gasteiger partial charge in [0.15, 0.2) is 5.11 Å². The van der Waals surface area contributed by atoms with Crippen molar-refractivity contribution in [3.63, 3.8) is 0 Å². The topological polar surface area (TPSA) is 63.5 Å². The molecular weight excluding hydrogens is 392 g/mol. The highest BCUT2D eigenvalue weighted by Crippen LogP contribution is 2.39. The number of thiocarbonyl (C=S) groups is 1. The van der Waals surface area contributed by atoms with Crippen molar-refractivity contribution in [2.45, 2.75) is 6.54 Å². The molecule has 0 radical (unpaired) electrons. The maximum atomic E-state index is 12.3. The fourth-order valence-corrected chi connectivity index (χ4v) is 3.79. The molecule has 0 fully saturated rings. The summed E-state index contributed by atoms with van der Waals surface area (Å²) in [7, 11) is 1.34. The van der Waals surface area contributed by atoms with Gasteiger partial charge < -0.3 is 19.8 Å². The normalized spacial score (nSPS) is 10.4. The molecule has 0 aliphatic carbocycles. The zero-order valence-electron chi connectivity index (χ0n) is 13.7. The second-order valence-electron chi connectivity index (χ2n) is 5.21. The van der Waals surface area contributed by atoms with Crippen LogP contribution >= 0.6 is 35.2 Å². The summed E-state index contributed by atoms with van der Waals surface area (Å²) in [6, 6.07) is 11.0. The lowest BCUT2D eigenvalue weighted by Crippen LogP contribution is -2.28. The number of hydrogen-bond donors (Lipinski definition) is 2. The number of carbonyl (C=O) groups is 1. The van der Waals surface area contributed by atoms with E-state index in [4.69, 9.17) is 33.0 Å². The van der Waals surface area contributed by atoms with Gasteiger partial charge in [0.1, 0.15) is 16.3 Å². The van der Waals surface area contributed by atoms with Gasteiger partial charge in [0.05, 0.1) is 19.9 Å². The minimum atomic E-state index is -0.461. The maximum Gasteiger partial charge on any atom is 0.341 e. The predicted octanol–water partition coefficient (Wildman–Crippen LogP) is 4.93. The summed E-state index contributed by atoms with van der Waals surface area (Å²) < 4.78 is 10.2. The molecule has 0 aliphatic heterocycles. The van der Waals surface area contributed by atoms with E-state index in [0.717, 1.165) is 11.3 Å². The zero-order chi connectivity index (χ0) is 18.5. The molecule has 0 saturated heterocycles. The van der Waals surface area contributed by atoms with Crippen LogP contribution in [0.3, 0.4) is 0 Å². The molecule has 0 atom stereocenters. The zero-order valence-corrected chi connectivity index (χ0v) is 16.1. The Kier molecular flexibility index (Phi) is 5.92. The molecule has 3 aromatic rings. The monoisotopic (exact) mass is 406 g/mol. The van der Waals surface area contributed by atoms with Crippen LogP contribution in [0.1, 0.15) is 16.1 Å². The van der Waals surface area contributed by atoms with Crippen LogP contribution in [0.4, 0.5) is 5.00 Å². The number of esters is 1. The molecule has 134 valence electrons. The fraction of sp³-hybridized carbons (Fsp3) is 0.111. The minimum absolute atomic E-state index is 0.374. The maximum absolute atomic E-state index is 12.3. The number of rotatable bonds is 5. The number of methoxy groups -OCH3 is 1. The van der Waals surface area contributed by atoms with Crippen molar-refractivity contribution in [3.8, 4) is 11.1 Å². The van der Waals surface area contributed by atoms with Gasteiger partial charge in [0.25, 0.3) is 0 Å². The Morgan fingerprint density at radius 2 is 2.08 bits per heavy atom. The van der Waals surface area contributed by atoms with Crippen molar-refractivity contribution in [1.82, 2.24) is 5.32 Å². The van der Waals surface area contributed by atoms with Crippen molar-refractivity contribution < 1.29 is 13.9 Å². The van der Waals surface area contributed by atoms with E-state index >= 15 is 0 Å². The van der Waals surface area contributed by atoms with E-state index in [-0.39, 0.29) is 0 Å². The molecule has 2 heterocycles. The van der Waals surface area contributed by atoms with Crippen LogP contribution in [0, 0.1) is 0 Å². The van der Waals surface area contributed by atoms with Gasteiger partial charge in [-0.3, -0.25) is 0 Å². The Morgan fingerprint density at radius 3 is 2.77 bits per heavy atom. The van der Waals surface area contributed by atoms with E-state index in [1.807, 2.05) is 29.6 Å². The number of furan rings is 1. The van der Waals surface area contributed by atoms with Gasteiger partial charge in [-0.2, -0.15) is 0 Å². The van der Waals surface area contributed by atoms with E-state index < -0.39 is 5.97 Å². The minimum Gasteiger partial charge on any atom is -0.467 e. The number of hydrogen-bond acceptors (Lipinski definition) is 5. The molecule has 5 nitrogen and oxygen atoms in total. The number of thiophene rings is 1. The molecule has 3 rings (SSSR count). The first-order valence-electron chi connectivity index (χ1n) is 7.62. The predicted molar refractivity (Wildman–Crippen MR) is 108 cm³/mol. The Bertz CT molecular complexity index is 922. The number of carbonyl (C=O) groups excluding carboxylic acids is 1. The molecule has 0 saturated carbocycles. The summed E-state index contributed by atoms with van der Waals surface area (Å²) in [5.41, 5.74) is 1.85. The summed E-state index contributed by atoms with van der Waals surface area (Å²) in [5.74, 6) is 0.294. The molecule has 0 amide bonds. The van der Waals surface area contributed by atoms with Crippen molar-refractivity contribution in [1.29, 1.82) is 0 Å². The van der Waals surface area contributed by atoms with Gasteiger partial charge >= 0.3 is 5.97 Å². The van der Waals surface area contributed by atoms with E-state index in [2.05, 4.69) is 10.6 Å². The van der Waals surface area contributed by atoms with Gasteiger partial charge in [0.2, 0.25) is 0 Å². The summed E-state index contributed by atoms with van der Waals surface area (Å²) in [6.45, 7) is 0.440. The van der Waals surface area contributed by atoms with Crippen LogP contribution in [0.2, 0.25) is 5.02 Å². The van der Waals surface area contributed by atoms with Crippen LogP contribution in [0.15, 0.2) is 52.5 Å². The van der Waals surface area contributed by atoms with E-state index in [1.54, 1.807) is 18.4 Å². The molecule has 8 heteroatoms. The van der Waals surface area contributed by atoms with Crippen molar-refractivity contribution in [2.75, 3.05) is 12.4 Å². The van der Waals surface area contributed by atoms with Crippen LogP contribution < -0.4 is 10.6 Å². The average Bonchev–Trinajstić information content (AvgIpc) is 3.29. The van der Waals surface area contributed by atoms with Crippen LogP contribution in [-0.2, 0) is 11.3 Å². The Balaban J connectivity index is 1.84. The van der Waals surface area contributed by atoms with Crippen LogP contribution in [0.5, 0.6) is 0 Å². The third-order valence-corrected chi connectivity index (χ3v) is 5.05. The summed E-state index contributed by atoms with van der Waals surface area (Å²) >= 11 is 12.9. The average molecular weight is 407 g/mol. The molecule has 26 heavy (non-hydrogen) atoms. The Morgan fingerprint density at radius 1 is 1.27 bits per heavy atom. The lowest BCUT2D eigenvalue weighted by Gasteiger charge is -2.11. The number of nitrogens with one attached hydrogen (secondary N) is 2. The Hall–Kier alpha value is -2.35. The first-order chi connectivity index (χ1) is 12.6. The standard InChI is InChI=1S/C18H15ClN2O3S2/c1-23-17(22)15-13(12-6-2-3-7-14(12)19)10-26-16(15)21-18(25)20-9-11-5-4-8-24-11/h2-8,10H,9H2,1H3,(H2,20,21,25). The first kappa shape index (κ1) is 18.4. The van der Waals surface area contributed by atoms with E-state index in [1.165, 1.54) is 18.4 Å². The highest BCUT2D eigenvalue weighted by atomic mass is 35.5. The highest BCUT2D eigenvalue weighted by molar-refractivity contribution is 7.80. The number of anilines is 1. The Labute approximate surface area is 164 Å². The first-order valence-corrected chi connectivity index (χ1v) is 9.28. The molecule has 2 aromatic heterocycles. The fourth-order valence-electron chi connectivity index (χ4n) is 2.36. The highest BCUT2D eigenvalue weighted by Gasteiger charge is 2.22. The van der Waals surface area contributed by atoms with Crippen molar-refractivity contribution in [2.24, 2.45) is 0 Å². The lowest BCUT2D eigenvalue weighted by molar-refractivity contribution is 0.0603. The number of benzene rings is 1. The molecule has 0 unspecified atom stereocenters. The largest absolute Gasteiger partial charge is 0.467 e. The SMILES string of the molecule is COC(=O)c1c(-c2ccccc2Cl)csc1NC(=S)NCc1ccco1. The summed E-state index contributed by atoms with van der Waals surface area (Å²) in [6.07, 6.45) is 1.60. The summed E-state index contributed by atoms with van der Waals surface area (Å²) in [5, 5.41) is 9.45. The molecule has 0 aliphatic rings. The molecule has 1 aromatic carbocycles. The lowest BCUT2D eigenvalue weighted by atomic mass is 10.0. The third-order valence-electron chi connectivity index (χ3n) is 3.57. The van der Waals surface area contributed by atoms with Gasteiger partial charge in [-0.05, 0) is 30.4 Å². The third kappa shape index (κ3) is 4.07. The van der Waals surface area contributed by atoms with Gasteiger partial charge in [-0.15, -0.1) is 11.3 Å². The van der Waals surface area contributed by atoms with Gasteiger partial charge in [-0.1, -0.05) is 29.8 Å². The van der Waals surface area contributed by atoms with Crippen LogP contribution in [-0.4, -0.2) is 18.2 Å². The van der Waals surface area contributed by atoms with Gasteiger partial charge in [-0.25, -0.2) is 4.79 Å².